The van der Waals surface area contributed by atoms with Crippen LogP contribution in [0.3, 0.4) is 0 Å². The van der Waals surface area contributed by atoms with Gasteiger partial charge in [-0.1, -0.05) is 12.1 Å². The van der Waals surface area contributed by atoms with Gasteiger partial charge in [0.05, 0.1) is 17.5 Å². The van der Waals surface area contributed by atoms with Crippen LogP contribution < -0.4 is 5.32 Å². The quantitative estimate of drug-likeness (QED) is 0.757. The predicted octanol–water partition coefficient (Wildman–Crippen LogP) is 2.87. The van der Waals surface area contributed by atoms with Gasteiger partial charge >= 0.3 is 0 Å². The van der Waals surface area contributed by atoms with Crippen molar-refractivity contribution in [2.24, 2.45) is 5.92 Å². The molecule has 1 fully saturated rings. The molecule has 1 aromatic heterocycles. The summed E-state index contributed by atoms with van der Waals surface area (Å²) < 4.78 is 20.9. The first-order valence-corrected chi connectivity index (χ1v) is 8.32. The molecular formula is C18H22FN3O2. The van der Waals surface area contributed by atoms with E-state index in [1.54, 1.807) is 25.1 Å². The fraction of sp³-hybridized carbons (Fsp3) is 0.444. The summed E-state index contributed by atoms with van der Waals surface area (Å²) in [6.07, 6.45) is 4.81. The van der Waals surface area contributed by atoms with E-state index in [0.29, 0.717) is 30.1 Å². The Morgan fingerprint density at radius 2 is 2.21 bits per heavy atom. The molecule has 0 atom stereocenters. The van der Waals surface area contributed by atoms with Gasteiger partial charge in [0.1, 0.15) is 11.5 Å². The molecule has 0 bridgehead atoms. The van der Waals surface area contributed by atoms with Gasteiger partial charge in [-0.15, -0.1) is 0 Å². The Morgan fingerprint density at radius 3 is 2.96 bits per heavy atom. The van der Waals surface area contributed by atoms with Gasteiger partial charge in [0.15, 0.2) is 0 Å². The summed E-state index contributed by atoms with van der Waals surface area (Å²) in [5.41, 5.74) is 1.40. The standard InChI is InChI=1S/C18H22FN3O2/c1-13-15(11-21-22(13)17-6-3-2-5-16(17)19)18(23)20-9-4-10-24-12-14-7-8-14/h2-3,5-6,11,14H,4,7-10,12H2,1H3,(H,20,23). The summed E-state index contributed by atoms with van der Waals surface area (Å²) >= 11 is 0. The van der Waals surface area contributed by atoms with Crippen LogP contribution >= 0.6 is 0 Å². The predicted molar refractivity (Wildman–Crippen MR) is 88.8 cm³/mol. The molecule has 3 rings (SSSR count). The van der Waals surface area contributed by atoms with Crippen LogP contribution in [0.15, 0.2) is 30.5 Å². The minimum Gasteiger partial charge on any atom is -0.381 e. The van der Waals surface area contributed by atoms with E-state index < -0.39 is 0 Å². The van der Waals surface area contributed by atoms with Crippen LogP contribution in [-0.2, 0) is 4.74 Å². The van der Waals surface area contributed by atoms with E-state index in [2.05, 4.69) is 10.4 Å². The molecule has 1 aliphatic rings. The minimum atomic E-state index is -0.372. The van der Waals surface area contributed by atoms with Crippen molar-refractivity contribution in [2.75, 3.05) is 19.8 Å². The van der Waals surface area contributed by atoms with E-state index in [1.165, 1.54) is 29.8 Å². The Morgan fingerprint density at radius 1 is 1.42 bits per heavy atom. The number of ether oxygens (including phenoxy) is 1. The SMILES string of the molecule is Cc1c(C(=O)NCCCOCC2CC2)cnn1-c1ccccc1F. The first kappa shape index (κ1) is 16.6. The number of halogens is 1. The van der Waals surface area contributed by atoms with Gasteiger partial charge in [-0.25, -0.2) is 9.07 Å². The van der Waals surface area contributed by atoms with Crippen LogP contribution in [-0.4, -0.2) is 35.4 Å². The average Bonchev–Trinajstić information content (AvgIpc) is 3.32. The summed E-state index contributed by atoms with van der Waals surface area (Å²) in [5.74, 6) is 0.187. The van der Waals surface area contributed by atoms with E-state index in [9.17, 15) is 9.18 Å². The number of rotatable bonds is 8. The number of nitrogens with one attached hydrogen (secondary N) is 1. The number of hydrogen-bond acceptors (Lipinski definition) is 3. The lowest BCUT2D eigenvalue weighted by atomic mass is 10.2. The maximum absolute atomic E-state index is 13.9. The van der Waals surface area contributed by atoms with Gasteiger partial charge < -0.3 is 10.1 Å². The molecular weight excluding hydrogens is 309 g/mol. The number of benzene rings is 1. The van der Waals surface area contributed by atoms with E-state index in [0.717, 1.165) is 18.9 Å². The van der Waals surface area contributed by atoms with Crippen molar-refractivity contribution in [3.63, 3.8) is 0 Å². The number of carbonyl (C=O) groups excluding carboxylic acids is 1. The zero-order chi connectivity index (χ0) is 16.9. The van der Waals surface area contributed by atoms with Crippen LogP contribution in [0.1, 0.15) is 35.3 Å². The maximum Gasteiger partial charge on any atom is 0.254 e. The van der Waals surface area contributed by atoms with Crippen LogP contribution in [0.5, 0.6) is 0 Å². The number of aromatic nitrogens is 2. The maximum atomic E-state index is 13.9. The van der Waals surface area contributed by atoms with E-state index >= 15 is 0 Å². The van der Waals surface area contributed by atoms with Crippen molar-refractivity contribution >= 4 is 5.91 Å². The molecule has 0 aliphatic heterocycles. The fourth-order valence-electron chi connectivity index (χ4n) is 2.50. The molecule has 2 aromatic rings. The second kappa shape index (κ2) is 7.57. The van der Waals surface area contributed by atoms with E-state index in [4.69, 9.17) is 4.74 Å². The molecule has 0 saturated heterocycles. The molecule has 5 nitrogen and oxygen atoms in total. The van der Waals surface area contributed by atoms with Gasteiger partial charge in [-0.3, -0.25) is 4.79 Å². The third-order valence-corrected chi connectivity index (χ3v) is 4.14. The monoisotopic (exact) mass is 331 g/mol. The summed E-state index contributed by atoms with van der Waals surface area (Å²) in [6.45, 7) is 3.80. The first-order chi connectivity index (χ1) is 11.7. The van der Waals surface area contributed by atoms with Crippen molar-refractivity contribution < 1.29 is 13.9 Å². The van der Waals surface area contributed by atoms with Crippen LogP contribution in [0, 0.1) is 18.7 Å². The fourth-order valence-corrected chi connectivity index (χ4v) is 2.50. The lowest BCUT2D eigenvalue weighted by Crippen LogP contribution is -2.25. The highest BCUT2D eigenvalue weighted by Crippen LogP contribution is 2.28. The normalized spacial score (nSPS) is 13.9. The van der Waals surface area contributed by atoms with Crippen molar-refractivity contribution in [3.8, 4) is 5.69 Å². The van der Waals surface area contributed by atoms with Gasteiger partial charge in [-0.05, 0) is 44.2 Å². The molecule has 0 radical (unpaired) electrons. The highest BCUT2D eigenvalue weighted by molar-refractivity contribution is 5.95. The highest BCUT2D eigenvalue weighted by atomic mass is 19.1. The molecule has 1 aliphatic carbocycles. The van der Waals surface area contributed by atoms with Crippen molar-refractivity contribution in [3.05, 3.63) is 47.5 Å². The second-order valence-electron chi connectivity index (χ2n) is 6.13. The van der Waals surface area contributed by atoms with E-state index in [1.807, 2.05) is 0 Å². The molecule has 24 heavy (non-hydrogen) atoms. The summed E-state index contributed by atoms with van der Waals surface area (Å²) in [5, 5.41) is 7.00. The van der Waals surface area contributed by atoms with E-state index in [-0.39, 0.29) is 11.7 Å². The Bertz CT molecular complexity index is 710. The number of carbonyl (C=O) groups is 1. The smallest absolute Gasteiger partial charge is 0.254 e. The number of nitrogens with zero attached hydrogens (tertiary/aromatic N) is 2. The third-order valence-electron chi connectivity index (χ3n) is 4.14. The number of para-hydroxylation sites is 1. The van der Waals surface area contributed by atoms with Crippen molar-refractivity contribution in [1.29, 1.82) is 0 Å². The number of amides is 1. The molecule has 1 amide bonds. The minimum absolute atomic E-state index is 0.197. The average molecular weight is 331 g/mol. The Labute approximate surface area is 140 Å². The lowest BCUT2D eigenvalue weighted by Gasteiger charge is -2.07. The van der Waals surface area contributed by atoms with Crippen LogP contribution in [0.4, 0.5) is 4.39 Å². The third kappa shape index (κ3) is 4.00. The summed E-state index contributed by atoms with van der Waals surface area (Å²) in [7, 11) is 0. The van der Waals surface area contributed by atoms with Crippen LogP contribution in [0.2, 0.25) is 0 Å². The zero-order valence-corrected chi connectivity index (χ0v) is 13.8. The largest absolute Gasteiger partial charge is 0.381 e. The number of hydrogen-bond donors (Lipinski definition) is 1. The van der Waals surface area contributed by atoms with Crippen molar-refractivity contribution in [2.45, 2.75) is 26.2 Å². The van der Waals surface area contributed by atoms with Gasteiger partial charge in [0.2, 0.25) is 0 Å². The Balaban J connectivity index is 1.52. The molecule has 1 N–H and O–H groups in total. The molecule has 0 unspecified atom stereocenters. The topological polar surface area (TPSA) is 56.1 Å². The second-order valence-corrected chi connectivity index (χ2v) is 6.13. The Hall–Kier alpha value is -2.21. The molecule has 1 aromatic carbocycles. The molecule has 6 heteroatoms. The zero-order valence-electron chi connectivity index (χ0n) is 13.8. The summed E-state index contributed by atoms with van der Waals surface area (Å²) in [4.78, 5) is 12.2. The molecule has 1 heterocycles. The Kier molecular flexibility index (Phi) is 5.25. The summed E-state index contributed by atoms with van der Waals surface area (Å²) in [6, 6.07) is 6.36. The highest BCUT2D eigenvalue weighted by Gasteiger charge is 2.21. The van der Waals surface area contributed by atoms with Crippen molar-refractivity contribution in [1.82, 2.24) is 15.1 Å². The van der Waals surface area contributed by atoms with Crippen LogP contribution in [0.25, 0.3) is 5.69 Å². The lowest BCUT2D eigenvalue weighted by molar-refractivity contribution is 0.0936. The van der Waals surface area contributed by atoms with Gasteiger partial charge in [0, 0.05) is 19.8 Å². The van der Waals surface area contributed by atoms with Gasteiger partial charge in [-0.2, -0.15) is 5.10 Å². The molecule has 128 valence electrons. The molecule has 1 saturated carbocycles. The van der Waals surface area contributed by atoms with Gasteiger partial charge in [0.25, 0.3) is 5.91 Å². The molecule has 0 spiro atoms. The first-order valence-electron chi connectivity index (χ1n) is 8.32.